The SMILES string of the molecule is CNCCCCNC(=O)c1nc(Cl)c(NCc2ccc(Cl)cc2)nc1N. The average Bonchev–Trinajstić information content (AvgIpc) is 2.63. The zero-order valence-corrected chi connectivity index (χ0v) is 16.0. The lowest BCUT2D eigenvalue weighted by atomic mass is 10.2. The summed E-state index contributed by atoms with van der Waals surface area (Å²) in [6, 6.07) is 7.36. The van der Waals surface area contributed by atoms with Gasteiger partial charge in [-0.1, -0.05) is 35.3 Å². The Morgan fingerprint density at radius 3 is 2.50 bits per heavy atom. The van der Waals surface area contributed by atoms with E-state index in [1.54, 1.807) is 12.1 Å². The number of carbonyl (C=O) groups is 1. The molecule has 0 saturated heterocycles. The fraction of sp³-hybridized carbons (Fsp3) is 0.353. The highest BCUT2D eigenvalue weighted by molar-refractivity contribution is 6.32. The first-order chi connectivity index (χ1) is 12.5. The largest absolute Gasteiger partial charge is 0.382 e. The van der Waals surface area contributed by atoms with E-state index in [4.69, 9.17) is 28.9 Å². The van der Waals surface area contributed by atoms with Gasteiger partial charge in [0.15, 0.2) is 22.5 Å². The van der Waals surface area contributed by atoms with Gasteiger partial charge in [0.2, 0.25) is 0 Å². The molecular weight excluding hydrogens is 375 g/mol. The third kappa shape index (κ3) is 6.01. The highest BCUT2D eigenvalue weighted by Gasteiger charge is 2.16. The second-order valence-corrected chi connectivity index (χ2v) is 6.44. The maximum absolute atomic E-state index is 12.2. The molecule has 0 saturated carbocycles. The van der Waals surface area contributed by atoms with Crippen LogP contribution >= 0.6 is 23.2 Å². The summed E-state index contributed by atoms with van der Waals surface area (Å²) in [5, 5.41) is 9.63. The van der Waals surface area contributed by atoms with Crippen molar-refractivity contribution in [2.45, 2.75) is 19.4 Å². The second kappa shape index (κ2) is 10.2. The molecule has 2 rings (SSSR count). The maximum Gasteiger partial charge on any atom is 0.273 e. The summed E-state index contributed by atoms with van der Waals surface area (Å²) in [5.41, 5.74) is 6.89. The fourth-order valence-corrected chi connectivity index (χ4v) is 2.53. The van der Waals surface area contributed by atoms with Gasteiger partial charge in [-0.25, -0.2) is 9.97 Å². The minimum absolute atomic E-state index is 0.0284. The Bertz CT molecular complexity index is 739. The molecular formula is C17H22Cl2N6O. The molecule has 2 aromatic rings. The lowest BCUT2D eigenvalue weighted by Crippen LogP contribution is -2.27. The summed E-state index contributed by atoms with van der Waals surface area (Å²) >= 11 is 12.0. The Morgan fingerprint density at radius 1 is 1.12 bits per heavy atom. The number of anilines is 2. The molecule has 1 amide bonds. The minimum atomic E-state index is -0.384. The average molecular weight is 397 g/mol. The number of nitrogens with two attached hydrogens (primary N) is 1. The Labute approximate surface area is 162 Å². The Hall–Kier alpha value is -2.09. The van der Waals surface area contributed by atoms with E-state index in [0.29, 0.717) is 23.9 Å². The summed E-state index contributed by atoms with van der Waals surface area (Å²) in [6.07, 6.45) is 1.82. The quantitative estimate of drug-likeness (QED) is 0.485. The fourth-order valence-electron chi connectivity index (χ4n) is 2.21. The third-order valence-corrected chi connectivity index (χ3v) is 4.12. The lowest BCUT2D eigenvalue weighted by molar-refractivity contribution is 0.0948. The first-order valence-corrected chi connectivity index (χ1v) is 9.01. The van der Waals surface area contributed by atoms with E-state index in [9.17, 15) is 4.79 Å². The zero-order valence-electron chi connectivity index (χ0n) is 14.5. The third-order valence-electron chi connectivity index (χ3n) is 3.61. The van der Waals surface area contributed by atoms with E-state index >= 15 is 0 Å². The molecule has 7 nitrogen and oxygen atoms in total. The van der Waals surface area contributed by atoms with Crippen LogP contribution in [0.5, 0.6) is 0 Å². The molecule has 0 aliphatic rings. The molecule has 140 valence electrons. The number of unbranched alkanes of at least 4 members (excludes halogenated alkanes) is 1. The van der Waals surface area contributed by atoms with Gasteiger partial charge in [0, 0.05) is 18.1 Å². The number of amides is 1. The van der Waals surface area contributed by atoms with Gasteiger partial charge in [-0.3, -0.25) is 4.79 Å². The molecule has 5 N–H and O–H groups in total. The number of nitrogen functional groups attached to an aromatic ring is 1. The molecule has 0 unspecified atom stereocenters. The van der Waals surface area contributed by atoms with Gasteiger partial charge in [-0.2, -0.15) is 0 Å². The smallest absolute Gasteiger partial charge is 0.273 e. The van der Waals surface area contributed by atoms with Crippen molar-refractivity contribution in [3.8, 4) is 0 Å². The monoisotopic (exact) mass is 396 g/mol. The molecule has 0 aliphatic heterocycles. The standard InChI is InChI=1S/C17H22Cl2N6O/c1-21-8-2-3-9-22-17(26)13-15(20)25-16(14(19)24-13)23-10-11-4-6-12(18)7-5-11/h4-7,21H,2-3,8-10H2,1H3,(H,22,26)(H3,20,23,25). The number of halogens is 2. The van der Waals surface area contributed by atoms with Crippen molar-refractivity contribution < 1.29 is 4.79 Å². The van der Waals surface area contributed by atoms with E-state index < -0.39 is 0 Å². The number of rotatable bonds is 9. The summed E-state index contributed by atoms with van der Waals surface area (Å²) in [6.45, 7) is 1.91. The van der Waals surface area contributed by atoms with Gasteiger partial charge in [0.25, 0.3) is 5.91 Å². The second-order valence-electron chi connectivity index (χ2n) is 5.64. The van der Waals surface area contributed by atoms with Gasteiger partial charge >= 0.3 is 0 Å². The highest BCUT2D eigenvalue weighted by atomic mass is 35.5. The molecule has 0 spiro atoms. The first kappa shape index (κ1) is 20.2. The van der Waals surface area contributed by atoms with Gasteiger partial charge < -0.3 is 21.7 Å². The maximum atomic E-state index is 12.2. The number of carbonyl (C=O) groups excluding carboxylic acids is 1. The molecule has 0 fully saturated rings. The zero-order chi connectivity index (χ0) is 18.9. The number of nitrogens with zero attached hydrogens (tertiary/aromatic N) is 2. The van der Waals surface area contributed by atoms with Crippen LogP contribution in [0.3, 0.4) is 0 Å². The first-order valence-electron chi connectivity index (χ1n) is 8.25. The molecule has 1 heterocycles. The van der Waals surface area contributed by atoms with Crippen LogP contribution in [-0.4, -0.2) is 36.0 Å². The van der Waals surface area contributed by atoms with E-state index in [-0.39, 0.29) is 22.6 Å². The Kier molecular flexibility index (Phi) is 7.90. The van der Waals surface area contributed by atoms with Crippen molar-refractivity contribution in [3.63, 3.8) is 0 Å². The van der Waals surface area contributed by atoms with Crippen molar-refractivity contribution in [2.75, 3.05) is 31.2 Å². The number of hydrogen-bond donors (Lipinski definition) is 4. The van der Waals surface area contributed by atoms with E-state index in [2.05, 4.69) is 25.9 Å². The normalized spacial score (nSPS) is 10.6. The number of hydrogen-bond acceptors (Lipinski definition) is 6. The Morgan fingerprint density at radius 2 is 1.81 bits per heavy atom. The number of aromatic nitrogens is 2. The summed E-state index contributed by atoms with van der Waals surface area (Å²) in [4.78, 5) is 20.4. The molecule has 1 aromatic carbocycles. The highest BCUT2D eigenvalue weighted by Crippen LogP contribution is 2.21. The summed E-state index contributed by atoms with van der Waals surface area (Å²) < 4.78 is 0. The van der Waals surface area contributed by atoms with Crippen LogP contribution in [0.2, 0.25) is 10.2 Å². The van der Waals surface area contributed by atoms with Crippen molar-refractivity contribution in [1.82, 2.24) is 20.6 Å². The van der Waals surface area contributed by atoms with Gasteiger partial charge in [0.05, 0.1) is 0 Å². The summed E-state index contributed by atoms with van der Waals surface area (Å²) in [5.74, 6) is -0.0315. The predicted octanol–water partition coefficient (Wildman–Crippen LogP) is 2.71. The van der Waals surface area contributed by atoms with E-state index in [1.807, 2.05) is 19.2 Å². The van der Waals surface area contributed by atoms with Crippen molar-refractivity contribution >= 4 is 40.7 Å². The van der Waals surface area contributed by atoms with Crippen LogP contribution in [0.1, 0.15) is 28.9 Å². The van der Waals surface area contributed by atoms with E-state index in [0.717, 1.165) is 24.9 Å². The van der Waals surface area contributed by atoms with Crippen molar-refractivity contribution in [3.05, 3.63) is 45.7 Å². The molecule has 0 bridgehead atoms. The van der Waals surface area contributed by atoms with Crippen LogP contribution < -0.4 is 21.7 Å². The molecule has 26 heavy (non-hydrogen) atoms. The van der Waals surface area contributed by atoms with Crippen LogP contribution in [0.15, 0.2) is 24.3 Å². The molecule has 0 aliphatic carbocycles. The van der Waals surface area contributed by atoms with Crippen molar-refractivity contribution in [1.29, 1.82) is 0 Å². The number of benzene rings is 1. The molecule has 0 atom stereocenters. The van der Waals surface area contributed by atoms with Crippen LogP contribution in [0.4, 0.5) is 11.6 Å². The molecule has 9 heteroatoms. The molecule has 0 radical (unpaired) electrons. The minimum Gasteiger partial charge on any atom is -0.382 e. The predicted molar refractivity (Wildman–Crippen MR) is 106 cm³/mol. The van der Waals surface area contributed by atoms with Gasteiger partial charge in [-0.05, 0) is 44.1 Å². The Balaban J connectivity index is 1.95. The van der Waals surface area contributed by atoms with Gasteiger partial charge in [-0.15, -0.1) is 0 Å². The van der Waals surface area contributed by atoms with Gasteiger partial charge in [0.1, 0.15) is 0 Å². The topological polar surface area (TPSA) is 105 Å². The summed E-state index contributed by atoms with van der Waals surface area (Å²) in [7, 11) is 1.89. The van der Waals surface area contributed by atoms with Crippen LogP contribution in [0.25, 0.3) is 0 Å². The van der Waals surface area contributed by atoms with Crippen molar-refractivity contribution in [2.24, 2.45) is 0 Å². The van der Waals surface area contributed by atoms with E-state index in [1.165, 1.54) is 0 Å². The lowest BCUT2D eigenvalue weighted by Gasteiger charge is -2.11. The number of nitrogens with one attached hydrogen (secondary N) is 3. The molecule has 1 aromatic heterocycles. The van der Waals surface area contributed by atoms with Crippen LogP contribution in [0, 0.1) is 0 Å². The van der Waals surface area contributed by atoms with Crippen LogP contribution in [-0.2, 0) is 6.54 Å².